The van der Waals surface area contributed by atoms with E-state index in [0.29, 0.717) is 6.54 Å². The minimum absolute atomic E-state index is 0. The van der Waals surface area contributed by atoms with Gasteiger partial charge in [0.15, 0.2) is 0 Å². The Morgan fingerprint density at radius 1 is 1.75 bits per heavy atom. The Kier molecular flexibility index (Phi) is 5.60. The van der Waals surface area contributed by atoms with Gasteiger partial charge in [-0.2, -0.15) is 0 Å². The SMILES string of the molecule is CCN1CCNCC1C(=O)[O-].[Li+]. The molecule has 64 valence electrons. The van der Waals surface area contributed by atoms with Crippen molar-refractivity contribution in [3.8, 4) is 0 Å². The molecule has 1 heterocycles. The fraction of sp³-hybridized carbons (Fsp3) is 0.857. The van der Waals surface area contributed by atoms with Gasteiger partial charge in [0.05, 0.1) is 12.0 Å². The van der Waals surface area contributed by atoms with E-state index in [1.165, 1.54) is 0 Å². The van der Waals surface area contributed by atoms with Crippen LogP contribution >= 0.6 is 0 Å². The predicted octanol–water partition coefficient (Wildman–Crippen LogP) is -4.97. The third-order valence-corrected chi connectivity index (χ3v) is 2.03. The molecule has 0 spiro atoms. The van der Waals surface area contributed by atoms with Gasteiger partial charge in [-0.25, -0.2) is 0 Å². The zero-order valence-electron chi connectivity index (χ0n) is 7.67. The number of aliphatic carboxylic acids is 1. The molecule has 1 fully saturated rings. The van der Waals surface area contributed by atoms with E-state index in [9.17, 15) is 9.90 Å². The van der Waals surface area contributed by atoms with Crippen LogP contribution in [0.25, 0.3) is 0 Å². The molecule has 0 radical (unpaired) electrons. The largest absolute Gasteiger partial charge is 1.00 e. The number of carbonyl (C=O) groups excluding carboxylic acids is 1. The molecule has 0 aromatic rings. The summed E-state index contributed by atoms with van der Waals surface area (Å²) in [6.45, 7) is 4.92. The second-order valence-corrected chi connectivity index (χ2v) is 2.67. The minimum Gasteiger partial charge on any atom is -0.548 e. The number of carbonyl (C=O) groups is 1. The molecule has 0 aliphatic carbocycles. The number of hydrogen-bond donors (Lipinski definition) is 1. The van der Waals surface area contributed by atoms with E-state index in [-0.39, 0.29) is 18.9 Å². The molecule has 4 nitrogen and oxygen atoms in total. The topological polar surface area (TPSA) is 55.4 Å². The van der Waals surface area contributed by atoms with Gasteiger partial charge in [-0.05, 0) is 6.54 Å². The van der Waals surface area contributed by atoms with Gasteiger partial charge in [-0.15, -0.1) is 0 Å². The van der Waals surface area contributed by atoms with E-state index < -0.39 is 12.0 Å². The smallest absolute Gasteiger partial charge is 0.548 e. The standard InChI is InChI=1S/C7H14N2O2.Li/c1-2-9-4-3-8-5-6(9)7(10)11;/h6,8H,2-5H2,1H3,(H,10,11);/q;+1/p-1. The zero-order valence-corrected chi connectivity index (χ0v) is 7.67. The summed E-state index contributed by atoms with van der Waals surface area (Å²) in [5, 5.41) is 13.5. The minimum atomic E-state index is -0.973. The first-order valence-corrected chi connectivity index (χ1v) is 3.91. The van der Waals surface area contributed by atoms with E-state index in [0.717, 1.165) is 19.6 Å². The summed E-state index contributed by atoms with van der Waals surface area (Å²) in [7, 11) is 0. The molecule has 1 saturated heterocycles. The number of likely N-dealkylation sites (N-methyl/N-ethyl adjacent to an activating group) is 1. The Morgan fingerprint density at radius 3 is 2.83 bits per heavy atom. The summed E-state index contributed by atoms with van der Waals surface area (Å²) < 4.78 is 0. The van der Waals surface area contributed by atoms with Crippen molar-refractivity contribution in [2.75, 3.05) is 26.2 Å². The second kappa shape index (κ2) is 5.60. The summed E-state index contributed by atoms with van der Waals surface area (Å²) >= 11 is 0. The molecule has 12 heavy (non-hydrogen) atoms. The molecule has 1 rings (SSSR count). The number of piperazine rings is 1. The predicted molar refractivity (Wildman–Crippen MR) is 38.9 cm³/mol. The van der Waals surface area contributed by atoms with Crippen LogP contribution in [0.15, 0.2) is 0 Å². The van der Waals surface area contributed by atoms with Gasteiger partial charge in [0, 0.05) is 19.6 Å². The Hall–Kier alpha value is -0.0126. The molecular formula is C7H13LiN2O2. The van der Waals surface area contributed by atoms with Crippen molar-refractivity contribution in [1.29, 1.82) is 0 Å². The van der Waals surface area contributed by atoms with Gasteiger partial charge in [-0.3, -0.25) is 4.90 Å². The first-order chi connectivity index (χ1) is 5.25. The number of hydrogen-bond acceptors (Lipinski definition) is 4. The molecule has 0 aromatic carbocycles. The molecule has 5 heteroatoms. The van der Waals surface area contributed by atoms with Crippen LogP contribution in [0, 0.1) is 0 Å². The number of nitrogens with one attached hydrogen (secondary N) is 1. The second-order valence-electron chi connectivity index (χ2n) is 2.67. The van der Waals surface area contributed by atoms with Gasteiger partial charge < -0.3 is 15.2 Å². The maximum absolute atomic E-state index is 10.5. The van der Waals surface area contributed by atoms with E-state index in [1.54, 1.807) is 0 Å². The van der Waals surface area contributed by atoms with Crippen molar-refractivity contribution in [1.82, 2.24) is 10.2 Å². The van der Waals surface area contributed by atoms with Crippen LogP contribution in [0.1, 0.15) is 6.92 Å². The summed E-state index contributed by atoms with van der Waals surface area (Å²) in [4.78, 5) is 12.4. The summed E-state index contributed by atoms with van der Waals surface area (Å²) in [5.41, 5.74) is 0. The van der Waals surface area contributed by atoms with Crippen molar-refractivity contribution in [2.24, 2.45) is 0 Å². The molecule has 1 N–H and O–H groups in total. The van der Waals surface area contributed by atoms with Gasteiger partial charge >= 0.3 is 18.9 Å². The summed E-state index contributed by atoms with van der Waals surface area (Å²) in [6.07, 6.45) is 0. The van der Waals surface area contributed by atoms with Gasteiger partial charge in [0.1, 0.15) is 0 Å². The summed E-state index contributed by atoms with van der Waals surface area (Å²) in [6, 6.07) is -0.436. The first-order valence-electron chi connectivity index (χ1n) is 3.91. The fourth-order valence-electron chi connectivity index (χ4n) is 1.36. The number of carboxylic acids is 1. The molecule has 0 amide bonds. The van der Waals surface area contributed by atoms with E-state index in [2.05, 4.69) is 5.32 Å². The van der Waals surface area contributed by atoms with Crippen LogP contribution in [0.5, 0.6) is 0 Å². The van der Waals surface area contributed by atoms with Crippen molar-refractivity contribution < 1.29 is 28.8 Å². The van der Waals surface area contributed by atoms with Gasteiger partial charge in [0.25, 0.3) is 0 Å². The molecule has 0 aromatic heterocycles. The Bertz CT molecular complexity index is 154. The van der Waals surface area contributed by atoms with Crippen LogP contribution in [0.2, 0.25) is 0 Å². The van der Waals surface area contributed by atoms with E-state index >= 15 is 0 Å². The number of nitrogens with zero attached hydrogens (tertiary/aromatic N) is 1. The molecule has 1 atom stereocenters. The fourth-order valence-corrected chi connectivity index (χ4v) is 1.36. The molecule has 0 bridgehead atoms. The van der Waals surface area contributed by atoms with Crippen molar-refractivity contribution in [3.63, 3.8) is 0 Å². The Balaban J connectivity index is 0.00000121. The maximum atomic E-state index is 10.5. The Morgan fingerprint density at radius 2 is 2.42 bits per heavy atom. The van der Waals surface area contributed by atoms with Crippen LogP contribution in [-0.4, -0.2) is 43.1 Å². The number of carboxylic acid groups (broad SMARTS) is 1. The molecule has 1 aliphatic heterocycles. The zero-order chi connectivity index (χ0) is 8.27. The summed E-state index contributed by atoms with van der Waals surface area (Å²) in [5.74, 6) is -0.973. The normalized spacial score (nSPS) is 24.6. The quantitative estimate of drug-likeness (QED) is 0.415. The average molecular weight is 164 g/mol. The third kappa shape index (κ3) is 2.80. The molecule has 0 saturated carbocycles. The van der Waals surface area contributed by atoms with Gasteiger partial charge in [-0.1, -0.05) is 6.92 Å². The van der Waals surface area contributed by atoms with Crippen LogP contribution in [0.3, 0.4) is 0 Å². The monoisotopic (exact) mass is 164 g/mol. The molecule has 1 unspecified atom stereocenters. The van der Waals surface area contributed by atoms with E-state index in [1.807, 2.05) is 11.8 Å². The van der Waals surface area contributed by atoms with Crippen molar-refractivity contribution >= 4 is 5.97 Å². The van der Waals surface area contributed by atoms with E-state index in [4.69, 9.17) is 0 Å². The van der Waals surface area contributed by atoms with Gasteiger partial charge in [0.2, 0.25) is 0 Å². The Labute approximate surface area is 84.5 Å². The molecular weight excluding hydrogens is 151 g/mol. The number of rotatable bonds is 2. The van der Waals surface area contributed by atoms with Crippen molar-refractivity contribution in [2.45, 2.75) is 13.0 Å². The first kappa shape index (κ1) is 12.0. The van der Waals surface area contributed by atoms with Crippen LogP contribution < -0.4 is 29.3 Å². The molecule has 1 aliphatic rings. The van der Waals surface area contributed by atoms with Crippen molar-refractivity contribution in [3.05, 3.63) is 0 Å². The third-order valence-electron chi connectivity index (χ3n) is 2.03. The maximum Gasteiger partial charge on any atom is 1.00 e. The average Bonchev–Trinajstić information content (AvgIpc) is 2.04. The van der Waals surface area contributed by atoms with Crippen LogP contribution in [-0.2, 0) is 4.79 Å². The van der Waals surface area contributed by atoms with Crippen LogP contribution in [0.4, 0.5) is 0 Å².